The molecule has 2 rings (SSSR count). The fourth-order valence-corrected chi connectivity index (χ4v) is 2.78. The number of rotatable bonds is 6. The van der Waals surface area contributed by atoms with Crippen LogP contribution in [-0.4, -0.2) is 7.11 Å². The van der Waals surface area contributed by atoms with Crippen molar-refractivity contribution < 1.29 is 4.74 Å². The Bertz CT molecular complexity index is 578. The molecule has 0 bridgehead atoms. The van der Waals surface area contributed by atoms with E-state index < -0.39 is 0 Å². The van der Waals surface area contributed by atoms with Gasteiger partial charge in [0.05, 0.1) is 11.6 Å². The number of ether oxygens (including phenoxy) is 1. The first kappa shape index (κ1) is 16.1. The molecule has 2 nitrogen and oxygen atoms in total. The molecule has 0 aliphatic rings. The quantitative estimate of drug-likeness (QED) is 0.804. The topological polar surface area (TPSA) is 21.3 Å². The summed E-state index contributed by atoms with van der Waals surface area (Å²) >= 11 is 3.51. The lowest BCUT2D eigenvalue weighted by Crippen LogP contribution is -2.12. The molecular weight excluding hydrogens is 326 g/mol. The molecule has 2 aromatic rings. The molecule has 0 saturated heterocycles. The summed E-state index contributed by atoms with van der Waals surface area (Å²) in [6.07, 6.45) is 0. The van der Waals surface area contributed by atoms with Gasteiger partial charge in [0.1, 0.15) is 5.75 Å². The molecule has 0 fully saturated rings. The average Bonchev–Trinajstić information content (AvgIpc) is 2.48. The zero-order valence-electron chi connectivity index (χ0n) is 12.8. The zero-order valence-corrected chi connectivity index (χ0v) is 14.4. The highest BCUT2D eigenvalue weighted by Gasteiger charge is 2.02. The summed E-state index contributed by atoms with van der Waals surface area (Å²) in [7, 11) is 1.68. The van der Waals surface area contributed by atoms with Crippen LogP contribution >= 0.6 is 15.9 Å². The fraction of sp³-hybridized carbons (Fsp3) is 0.333. The summed E-state index contributed by atoms with van der Waals surface area (Å²) in [5.74, 6) is 1.45. The molecule has 0 saturated carbocycles. The monoisotopic (exact) mass is 347 g/mol. The SMILES string of the molecule is COc1ccc(CNCc2ccc(C(C)C)cc2)cc1Br. The molecular formula is C18H22BrNO. The van der Waals surface area contributed by atoms with Crippen LogP contribution in [-0.2, 0) is 13.1 Å². The maximum absolute atomic E-state index is 5.24. The fourth-order valence-electron chi connectivity index (χ4n) is 2.19. The molecule has 0 aromatic heterocycles. The lowest BCUT2D eigenvalue weighted by atomic mass is 10.0. The van der Waals surface area contributed by atoms with Crippen molar-refractivity contribution in [2.24, 2.45) is 0 Å². The Balaban J connectivity index is 1.87. The molecule has 0 heterocycles. The summed E-state index contributed by atoms with van der Waals surface area (Å²) in [6.45, 7) is 6.15. The molecule has 21 heavy (non-hydrogen) atoms. The maximum atomic E-state index is 5.24. The van der Waals surface area contributed by atoms with E-state index in [1.54, 1.807) is 7.11 Å². The molecule has 0 radical (unpaired) electrons. The number of methoxy groups -OCH3 is 1. The van der Waals surface area contributed by atoms with Crippen LogP contribution in [0.25, 0.3) is 0 Å². The smallest absolute Gasteiger partial charge is 0.133 e. The van der Waals surface area contributed by atoms with Crippen LogP contribution in [0.1, 0.15) is 36.5 Å². The Kier molecular flexibility index (Phi) is 5.83. The largest absolute Gasteiger partial charge is 0.496 e. The Morgan fingerprint density at radius 1 is 1.00 bits per heavy atom. The number of nitrogens with one attached hydrogen (secondary N) is 1. The van der Waals surface area contributed by atoms with Gasteiger partial charge in [-0.25, -0.2) is 0 Å². The van der Waals surface area contributed by atoms with E-state index in [1.807, 2.05) is 6.07 Å². The molecule has 3 heteroatoms. The molecule has 0 atom stereocenters. The average molecular weight is 348 g/mol. The molecule has 0 aliphatic carbocycles. The van der Waals surface area contributed by atoms with Crippen LogP contribution in [0, 0.1) is 0 Å². The molecule has 112 valence electrons. The summed E-state index contributed by atoms with van der Waals surface area (Å²) in [6, 6.07) is 15.0. The van der Waals surface area contributed by atoms with E-state index in [-0.39, 0.29) is 0 Å². The second-order valence-electron chi connectivity index (χ2n) is 5.47. The molecule has 0 spiro atoms. The molecule has 0 unspecified atom stereocenters. The van der Waals surface area contributed by atoms with Crippen LogP contribution in [0.4, 0.5) is 0 Å². The maximum Gasteiger partial charge on any atom is 0.133 e. The van der Waals surface area contributed by atoms with Crippen LogP contribution in [0.3, 0.4) is 0 Å². The van der Waals surface area contributed by atoms with Gasteiger partial charge in [-0.3, -0.25) is 0 Å². The van der Waals surface area contributed by atoms with Gasteiger partial charge < -0.3 is 10.1 Å². The van der Waals surface area contributed by atoms with Crippen molar-refractivity contribution in [3.8, 4) is 5.75 Å². The first-order chi connectivity index (χ1) is 10.1. The van der Waals surface area contributed by atoms with E-state index in [1.165, 1.54) is 16.7 Å². The van der Waals surface area contributed by atoms with E-state index >= 15 is 0 Å². The highest BCUT2D eigenvalue weighted by Crippen LogP contribution is 2.25. The summed E-state index contributed by atoms with van der Waals surface area (Å²) in [4.78, 5) is 0. The van der Waals surface area contributed by atoms with Crippen LogP contribution in [0.2, 0.25) is 0 Å². The standard InChI is InChI=1S/C18H22BrNO/c1-13(2)16-7-4-14(5-8-16)11-20-12-15-6-9-18(21-3)17(19)10-15/h4-10,13,20H,11-12H2,1-3H3. The van der Waals surface area contributed by atoms with Crippen molar-refractivity contribution in [3.63, 3.8) is 0 Å². The first-order valence-corrected chi connectivity index (χ1v) is 8.01. The first-order valence-electron chi connectivity index (χ1n) is 7.22. The molecule has 0 aliphatic heterocycles. The van der Waals surface area contributed by atoms with Gasteiger partial charge >= 0.3 is 0 Å². The van der Waals surface area contributed by atoms with E-state index in [0.29, 0.717) is 5.92 Å². The minimum atomic E-state index is 0.587. The number of hydrogen-bond acceptors (Lipinski definition) is 2. The third kappa shape index (κ3) is 4.58. The Labute approximate surface area is 135 Å². The van der Waals surface area contributed by atoms with Gasteiger partial charge in [-0.15, -0.1) is 0 Å². The van der Waals surface area contributed by atoms with Crippen molar-refractivity contribution in [2.45, 2.75) is 32.9 Å². The molecule has 2 aromatic carbocycles. The van der Waals surface area contributed by atoms with Crippen molar-refractivity contribution >= 4 is 15.9 Å². The third-order valence-electron chi connectivity index (χ3n) is 3.52. The summed E-state index contributed by atoms with van der Waals surface area (Å²) in [5, 5.41) is 3.47. The van der Waals surface area contributed by atoms with E-state index in [0.717, 1.165) is 23.3 Å². The van der Waals surface area contributed by atoms with E-state index in [2.05, 4.69) is 71.5 Å². The van der Waals surface area contributed by atoms with Crippen LogP contribution in [0.5, 0.6) is 5.75 Å². The van der Waals surface area contributed by atoms with E-state index in [4.69, 9.17) is 4.74 Å². The Morgan fingerprint density at radius 3 is 2.19 bits per heavy atom. The second-order valence-corrected chi connectivity index (χ2v) is 6.32. The summed E-state index contributed by atoms with van der Waals surface area (Å²) < 4.78 is 6.23. The predicted molar refractivity (Wildman–Crippen MR) is 91.8 cm³/mol. The highest BCUT2D eigenvalue weighted by molar-refractivity contribution is 9.10. The third-order valence-corrected chi connectivity index (χ3v) is 4.14. The van der Waals surface area contributed by atoms with Crippen molar-refractivity contribution in [1.82, 2.24) is 5.32 Å². The van der Waals surface area contributed by atoms with Gasteiger partial charge in [-0.2, -0.15) is 0 Å². The van der Waals surface area contributed by atoms with E-state index in [9.17, 15) is 0 Å². The minimum absolute atomic E-state index is 0.587. The minimum Gasteiger partial charge on any atom is -0.496 e. The lowest BCUT2D eigenvalue weighted by Gasteiger charge is -2.09. The Hall–Kier alpha value is -1.32. The van der Waals surface area contributed by atoms with Gasteiger partial charge in [0.15, 0.2) is 0 Å². The van der Waals surface area contributed by atoms with Crippen molar-refractivity contribution in [2.75, 3.05) is 7.11 Å². The van der Waals surface area contributed by atoms with Gasteiger partial charge in [0.25, 0.3) is 0 Å². The van der Waals surface area contributed by atoms with Gasteiger partial charge in [-0.05, 0) is 50.7 Å². The van der Waals surface area contributed by atoms with Crippen molar-refractivity contribution in [3.05, 3.63) is 63.6 Å². The highest BCUT2D eigenvalue weighted by atomic mass is 79.9. The van der Waals surface area contributed by atoms with Crippen LogP contribution < -0.4 is 10.1 Å². The summed E-state index contributed by atoms with van der Waals surface area (Å²) in [5.41, 5.74) is 3.94. The van der Waals surface area contributed by atoms with Gasteiger partial charge in [-0.1, -0.05) is 44.2 Å². The number of benzene rings is 2. The zero-order chi connectivity index (χ0) is 15.2. The number of halogens is 1. The van der Waals surface area contributed by atoms with Gasteiger partial charge in [0.2, 0.25) is 0 Å². The Morgan fingerprint density at radius 2 is 1.62 bits per heavy atom. The van der Waals surface area contributed by atoms with Crippen LogP contribution in [0.15, 0.2) is 46.9 Å². The number of hydrogen-bond donors (Lipinski definition) is 1. The van der Waals surface area contributed by atoms with Gasteiger partial charge in [0, 0.05) is 13.1 Å². The lowest BCUT2D eigenvalue weighted by molar-refractivity contribution is 0.412. The molecule has 0 amide bonds. The molecule has 1 N–H and O–H groups in total. The normalized spacial score (nSPS) is 10.9. The predicted octanol–water partition coefficient (Wildman–Crippen LogP) is 4.87. The van der Waals surface area contributed by atoms with Crippen molar-refractivity contribution in [1.29, 1.82) is 0 Å². The second kappa shape index (κ2) is 7.62.